The highest BCUT2D eigenvalue weighted by Gasteiger charge is 2.16. The fourth-order valence-corrected chi connectivity index (χ4v) is 3.19. The number of carbonyl (C=O) groups excluding carboxylic acids is 1. The van der Waals surface area contributed by atoms with Crippen LogP contribution in [0.5, 0.6) is 11.5 Å². The molecule has 0 saturated heterocycles. The van der Waals surface area contributed by atoms with Crippen molar-refractivity contribution in [2.24, 2.45) is 0 Å². The van der Waals surface area contributed by atoms with Gasteiger partial charge in [-0.1, -0.05) is 11.6 Å². The molecule has 1 atom stereocenters. The predicted octanol–water partition coefficient (Wildman–Crippen LogP) is 3.60. The first-order valence-corrected chi connectivity index (χ1v) is 9.67. The van der Waals surface area contributed by atoms with Crippen molar-refractivity contribution < 1.29 is 23.2 Å². The summed E-state index contributed by atoms with van der Waals surface area (Å²) in [5, 5.41) is 0.431. The highest BCUT2D eigenvalue weighted by Crippen LogP contribution is 2.38. The number of ether oxygens (including phenoxy) is 3. The lowest BCUT2D eigenvalue weighted by Crippen LogP contribution is -2.06. The Balaban J connectivity index is 1.68. The Morgan fingerprint density at radius 2 is 1.92 bits per heavy atom. The number of rotatable bonds is 4. The molecule has 2 aromatic carbocycles. The van der Waals surface area contributed by atoms with Crippen LogP contribution in [0.1, 0.15) is 22.3 Å². The second-order valence-electron chi connectivity index (χ2n) is 5.51. The summed E-state index contributed by atoms with van der Waals surface area (Å²) in [6.45, 7) is 1.17. The number of fused-ring (bicyclic) bond motifs is 1. The largest absolute Gasteiger partial charge is 0.489 e. The van der Waals surface area contributed by atoms with Crippen molar-refractivity contribution in [1.29, 1.82) is 0 Å². The number of benzene rings is 2. The van der Waals surface area contributed by atoms with Crippen molar-refractivity contribution in [3.05, 3.63) is 52.5 Å². The van der Waals surface area contributed by atoms with Crippen LogP contribution < -0.4 is 9.47 Å². The molecule has 0 amide bonds. The first-order valence-electron chi connectivity index (χ1n) is 7.73. The minimum Gasteiger partial charge on any atom is -0.489 e. The van der Waals surface area contributed by atoms with Gasteiger partial charge >= 0.3 is 5.97 Å². The van der Waals surface area contributed by atoms with Gasteiger partial charge in [0, 0.05) is 28.4 Å². The summed E-state index contributed by atoms with van der Waals surface area (Å²) in [4.78, 5) is 12.8. The van der Waals surface area contributed by atoms with Gasteiger partial charge in [-0.25, -0.2) is 4.79 Å². The van der Waals surface area contributed by atoms with Gasteiger partial charge < -0.3 is 14.2 Å². The average molecular weight is 381 g/mol. The van der Waals surface area contributed by atoms with Gasteiger partial charge in [-0.3, -0.25) is 4.21 Å². The van der Waals surface area contributed by atoms with Gasteiger partial charge in [-0.05, 0) is 42.0 Å². The highest BCUT2D eigenvalue weighted by molar-refractivity contribution is 7.84. The molecule has 0 saturated carbocycles. The fraction of sp³-hybridized carbons (Fsp3) is 0.278. The summed E-state index contributed by atoms with van der Waals surface area (Å²) >= 11 is 6.22. The summed E-state index contributed by atoms with van der Waals surface area (Å²) in [6.07, 6.45) is 2.37. The molecule has 0 aromatic heterocycles. The summed E-state index contributed by atoms with van der Waals surface area (Å²) in [5.41, 5.74) is 1.11. The van der Waals surface area contributed by atoms with E-state index in [1.54, 1.807) is 42.7 Å². The van der Waals surface area contributed by atoms with Gasteiger partial charge in [0.25, 0.3) is 0 Å². The molecule has 0 fully saturated rings. The second kappa shape index (κ2) is 7.89. The maximum absolute atomic E-state index is 12.1. The van der Waals surface area contributed by atoms with Crippen LogP contribution in [0.25, 0.3) is 0 Å². The summed E-state index contributed by atoms with van der Waals surface area (Å²) < 4.78 is 27.9. The Labute approximate surface area is 153 Å². The Kier molecular flexibility index (Phi) is 5.60. The van der Waals surface area contributed by atoms with Crippen molar-refractivity contribution in [3.8, 4) is 11.5 Å². The van der Waals surface area contributed by atoms with E-state index in [4.69, 9.17) is 25.8 Å². The molecule has 0 bridgehead atoms. The van der Waals surface area contributed by atoms with E-state index in [1.807, 2.05) is 0 Å². The fourth-order valence-electron chi connectivity index (χ4n) is 2.38. The van der Waals surface area contributed by atoms with Crippen molar-refractivity contribution in [2.45, 2.75) is 17.9 Å². The third kappa shape index (κ3) is 4.32. The van der Waals surface area contributed by atoms with Crippen molar-refractivity contribution in [1.82, 2.24) is 0 Å². The molecule has 25 heavy (non-hydrogen) atoms. The molecule has 5 nitrogen and oxygen atoms in total. The van der Waals surface area contributed by atoms with Crippen LogP contribution in [0.4, 0.5) is 0 Å². The minimum atomic E-state index is -1.08. The van der Waals surface area contributed by atoms with Crippen LogP contribution in [0.3, 0.4) is 0 Å². The van der Waals surface area contributed by atoms with E-state index in [1.165, 1.54) is 0 Å². The molecule has 132 valence electrons. The smallest absolute Gasteiger partial charge is 0.338 e. The molecule has 1 aliphatic heterocycles. The lowest BCUT2D eigenvalue weighted by Gasteiger charge is -2.12. The zero-order chi connectivity index (χ0) is 17.8. The van der Waals surface area contributed by atoms with Crippen LogP contribution in [-0.2, 0) is 22.1 Å². The molecule has 0 spiro atoms. The number of hydrogen-bond acceptors (Lipinski definition) is 5. The molecular formula is C18H17ClO5S. The normalized spacial score (nSPS) is 14.5. The first-order chi connectivity index (χ1) is 12.0. The molecule has 2 aromatic rings. The number of esters is 1. The molecule has 3 rings (SSSR count). The number of halogens is 1. The Morgan fingerprint density at radius 3 is 2.64 bits per heavy atom. The highest BCUT2D eigenvalue weighted by atomic mass is 35.5. The molecular weight excluding hydrogens is 364 g/mol. The molecule has 0 radical (unpaired) electrons. The molecule has 1 heterocycles. The second-order valence-corrected chi connectivity index (χ2v) is 7.30. The van der Waals surface area contributed by atoms with Crippen LogP contribution in [0.15, 0.2) is 41.3 Å². The molecule has 0 unspecified atom stereocenters. The van der Waals surface area contributed by atoms with Crippen LogP contribution in [0, 0.1) is 0 Å². The van der Waals surface area contributed by atoms with E-state index in [2.05, 4.69) is 0 Å². The zero-order valence-electron chi connectivity index (χ0n) is 13.6. The Hall–Kier alpha value is -2.05. The Morgan fingerprint density at radius 1 is 1.20 bits per heavy atom. The van der Waals surface area contributed by atoms with Gasteiger partial charge in [-0.15, -0.1) is 0 Å². The summed E-state index contributed by atoms with van der Waals surface area (Å²) in [6, 6.07) is 9.96. The number of hydrogen-bond donors (Lipinski definition) is 0. The third-order valence-corrected chi connectivity index (χ3v) is 4.87. The quantitative estimate of drug-likeness (QED) is 0.758. The summed E-state index contributed by atoms with van der Waals surface area (Å²) in [7, 11) is -1.08. The molecule has 1 aliphatic rings. The van der Waals surface area contributed by atoms with Crippen molar-refractivity contribution >= 4 is 28.4 Å². The van der Waals surface area contributed by atoms with Gasteiger partial charge in [0.2, 0.25) is 0 Å². The van der Waals surface area contributed by atoms with Gasteiger partial charge in [0.05, 0.1) is 23.8 Å². The van der Waals surface area contributed by atoms with Gasteiger partial charge in [-0.2, -0.15) is 0 Å². The van der Waals surface area contributed by atoms with Crippen LogP contribution in [-0.4, -0.2) is 29.6 Å². The average Bonchev–Trinajstić information content (AvgIpc) is 2.85. The van der Waals surface area contributed by atoms with E-state index in [0.29, 0.717) is 45.8 Å². The van der Waals surface area contributed by atoms with Gasteiger partial charge in [0.1, 0.15) is 6.61 Å². The van der Waals surface area contributed by atoms with E-state index in [9.17, 15) is 9.00 Å². The predicted molar refractivity (Wildman–Crippen MR) is 95.0 cm³/mol. The van der Waals surface area contributed by atoms with Crippen molar-refractivity contribution in [2.75, 3.05) is 19.5 Å². The maximum Gasteiger partial charge on any atom is 0.338 e. The molecule has 7 heteroatoms. The van der Waals surface area contributed by atoms with E-state index < -0.39 is 16.8 Å². The lowest BCUT2D eigenvalue weighted by atomic mass is 10.2. The molecule has 0 N–H and O–H groups in total. The SMILES string of the molecule is C[S@](=O)c1ccc(C(=O)OCc2cc(Cl)c3c(c2)OCCCO3)cc1. The zero-order valence-corrected chi connectivity index (χ0v) is 15.2. The number of carbonyl (C=O) groups is 1. The summed E-state index contributed by atoms with van der Waals surface area (Å²) in [5.74, 6) is 0.625. The standard InChI is InChI=1S/C18H17ClO5S/c1-25(21)14-5-3-13(4-6-14)18(20)24-11-12-9-15(19)17-16(10-12)22-7-2-8-23-17/h3-6,9-10H,2,7-8,11H2,1H3/t25-/m0/s1. The molecule has 0 aliphatic carbocycles. The minimum absolute atomic E-state index is 0.0661. The Bertz CT molecular complexity index is 804. The lowest BCUT2D eigenvalue weighted by molar-refractivity contribution is 0.0472. The monoisotopic (exact) mass is 380 g/mol. The van der Waals surface area contributed by atoms with Gasteiger partial charge in [0.15, 0.2) is 11.5 Å². The van der Waals surface area contributed by atoms with Crippen LogP contribution >= 0.6 is 11.6 Å². The van der Waals surface area contributed by atoms with Crippen LogP contribution in [0.2, 0.25) is 5.02 Å². The first kappa shape index (κ1) is 17.8. The van der Waals surface area contributed by atoms with E-state index >= 15 is 0 Å². The van der Waals surface area contributed by atoms with E-state index in [-0.39, 0.29) is 6.61 Å². The maximum atomic E-state index is 12.1. The third-order valence-electron chi connectivity index (χ3n) is 3.65. The topological polar surface area (TPSA) is 61.8 Å². The van der Waals surface area contributed by atoms with Crippen molar-refractivity contribution in [3.63, 3.8) is 0 Å². The van der Waals surface area contributed by atoms with E-state index in [0.717, 1.165) is 6.42 Å².